The molecular formula is C16H19N3O4. The molecule has 0 aliphatic rings. The van der Waals surface area contributed by atoms with Gasteiger partial charge in [-0.1, -0.05) is 6.07 Å². The van der Waals surface area contributed by atoms with Crippen molar-refractivity contribution in [2.75, 3.05) is 20.0 Å². The minimum absolute atomic E-state index is 0.0105. The summed E-state index contributed by atoms with van der Waals surface area (Å²) in [4.78, 5) is 11.8. The zero-order valence-electron chi connectivity index (χ0n) is 12.9. The average molecular weight is 317 g/mol. The molecule has 0 atom stereocenters. The largest absolute Gasteiger partial charge is 0.507 e. The molecule has 5 N–H and O–H groups in total. The van der Waals surface area contributed by atoms with Gasteiger partial charge in [-0.15, -0.1) is 0 Å². The minimum Gasteiger partial charge on any atom is -0.507 e. The lowest BCUT2D eigenvalue weighted by molar-refractivity contribution is 0.0955. The lowest BCUT2D eigenvalue weighted by atomic mass is 10.2. The summed E-state index contributed by atoms with van der Waals surface area (Å²) in [7, 11) is 2.51. The number of nitrogens with one attached hydrogen (secondary N) is 1. The number of carbonyl (C=O) groups is 1. The highest BCUT2D eigenvalue weighted by molar-refractivity contribution is 5.95. The maximum Gasteiger partial charge on any atom is 0.271 e. The van der Waals surface area contributed by atoms with Crippen molar-refractivity contribution in [2.24, 2.45) is 5.10 Å². The smallest absolute Gasteiger partial charge is 0.271 e. The van der Waals surface area contributed by atoms with Crippen LogP contribution >= 0.6 is 0 Å². The van der Waals surface area contributed by atoms with Gasteiger partial charge >= 0.3 is 0 Å². The number of nitrogen functional groups attached to an aromatic ring is 1. The van der Waals surface area contributed by atoms with E-state index in [1.54, 1.807) is 36.4 Å². The summed E-state index contributed by atoms with van der Waals surface area (Å²) in [6.45, 7) is 0. The Morgan fingerprint density at radius 2 is 2.00 bits per heavy atom. The Morgan fingerprint density at radius 1 is 1.26 bits per heavy atom. The number of nitrogens with zero attached hydrogens (tertiary/aromatic N) is 1. The van der Waals surface area contributed by atoms with Crippen molar-refractivity contribution in [1.82, 2.24) is 5.43 Å². The predicted octanol–water partition coefficient (Wildman–Crippen LogP) is 1.36. The van der Waals surface area contributed by atoms with E-state index in [0.717, 1.165) is 7.11 Å². The van der Waals surface area contributed by atoms with Crippen LogP contribution in [0.15, 0.2) is 47.6 Å². The van der Waals surface area contributed by atoms with Crippen molar-refractivity contribution in [3.05, 3.63) is 53.6 Å². The zero-order valence-corrected chi connectivity index (χ0v) is 12.9. The number of aliphatic hydroxyl groups excluding tert-OH is 1. The molecular weight excluding hydrogens is 298 g/mol. The fraction of sp³-hybridized carbons (Fsp3) is 0.125. The molecule has 0 spiro atoms. The van der Waals surface area contributed by atoms with Crippen LogP contribution in [0.5, 0.6) is 11.5 Å². The second kappa shape index (κ2) is 9.06. The number of aliphatic hydroxyl groups is 1. The van der Waals surface area contributed by atoms with Crippen molar-refractivity contribution in [1.29, 1.82) is 0 Å². The number of amides is 1. The van der Waals surface area contributed by atoms with E-state index in [1.165, 1.54) is 19.4 Å². The molecule has 122 valence electrons. The van der Waals surface area contributed by atoms with Gasteiger partial charge in [0.2, 0.25) is 0 Å². The summed E-state index contributed by atoms with van der Waals surface area (Å²) in [6, 6.07) is 11.3. The monoisotopic (exact) mass is 317 g/mol. The van der Waals surface area contributed by atoms with E-state index in [9.17, 15) is 9.90 Å². The highest BCUT2D eigenvalue weighted by Gasteiger charge is 2.04. The predicted molar refractivity (Wildman–Crippen MR) is 88.7 cm³/mol. The number of hydrogen-bond donors (Lipinski definition) is 4. The van der Waals surface area contributed by atoms with Gasteiger partial charge in [-0.05, 0) is 30.3 Å². The van der Waals surface area contributed by atoms with E-state index in [4.69, 9.17) is 15.6 Å². The second-order valence-electron chi connectivity index (χ2n) is 4.25. The highest BCUT2D eigenvalue weighted by Crippen LogP contribution is 2.21. The SMILES string of the molecule is CO.COc1ccc(/C=N/NC(=O)c2cccc(N)c2)c(O)c1. The van der Waals surface area contributed by atoms with E-state index < -0.39 is 0 Å². The van der Waals surface area contributed by atoms with Crippen LogP contribution in [0.2, 0.25) is 0 Å². The molecule has 0 radical (unpaired) electrons. The van der Waals surface area contributed by atoms with Crippen LogP contribution in [-0.2, 0) is 0 Å². The number of anilines is 1. The van der Waals surface area contributed by atoms with Crippen LogP contribution in [-0.4, -0.2) is 36.6 Å². The normalized spacial score (nSPS) is 9.87. The fourth-order valence-electron chi connectivity index (χ4n) is 1.66. The summed E-state index contributed by atoms with van der Waals surface area (Å²) < 4.78 is 4.98. The van der Waals surface area contributed by atoms with Gasteiger partial charge in [0.15, 0.2) is 0 Å². The molecule has 0 saturated carbocycles. The molecule has 2 aromatic carbocycles. The van der Waals surface area contributed by atoms with E-state index in [2.05, 4.69) is 10.5 Å². The summed E-state index contributed by atoms with van der Waals surface area (Å²) in [6.07, 6.45) is 1.35. The van der Waals surface area contributed by atoms with Gasteiger partial charge in [0.05, 0.1) is 13.3 Å². The molecule has 0 unspecified atom stereocenters. The third-order valence-corrected chi connectivity index (χ3v) is 2.76. The lowest BCUT2D eigenvalue weighted by Crippen LogP contribution is -2.17. The lowest BCUT2D eigenvalue weighted by Gasteiger charge is -2.03. The Labute approximate surface area is 134 Å². The number of hydrazone groups is 1. The van der Waals surface area contributed by atoms with E-state index in [0.29, 0.717) is 22.6 Å². The number of methoxy groups -OCH3 is 1. The van der Waals surface area contributed by atoms with E-state index in [-0.39, 0.29) is 11.7 Å². The van der Waals surface area contributed by atoms with Gasteiger partial charge in [0, 0.05) is 30.0 Å². The molecule has 7 heteroatoms. The van der Waals surface area contributed by atoms with Crippen LogP contribution in [0.25, 0.3) is 0 Å². The number of ether oxygens (including phenoxy) is 1. The van der Waals surface area contributed by atoms with Gasteiger partial charge in [-0.2, -0.15) is 5.10 Å². The Bertz CT molecular complexity index is 687. The molecule has 2 aromatic rings. The molecule has 0 aliphatic carbocycles. The Kier molecular flexibility index (Phi) is 7.09. The number of phenols is 1. The Balaban J connectivity index is 0.00000127. The zero-order chi connectivity index (χ0) is 17.2. The first-order valence-electron chi connectivity index (χ1n) is 6.61. The molecule has 1 amide bonds. The van der Waals surface area contributed by atoms with Gasteiger partial charge in [-0.25, -0.2) is 5.43 Å². The third-order valence-electron chi connectivity index (χ3n) is 2.76. The summed E-state index contributed by atoms with van der Waals surface area (Å²) in [5.41, 5.74) is 9.33. The van der Waals surface area contributed by atoms with Crippen LogP contribution < -0.4 is 15.9 Å². The van der Waals surface area contributed by atoms with Gasteiger partial charge in [-0.3, -0.25) is 4.79 Å². The molecule has 0 bridgehead atoms. The summed E-state index contributed by atoms with van der Waals surface area (Å²) >= 11 is 0. The Morgan fingerprint density at radius 3 is 2.61 bits per heavy atom. The second-order valence-corrected chi connectivity index (χ2v) is 4.25. The molecule has 0 fully saturated rings. The van der Waals surface area contributed by atoms with E-state index >= 15 is 0 Å². The minimum atomic E-state index is -0.383. The first-order valence-corrected chi connectivity index (χ1v) is 6.61. The van der Waals surface area contributed by atoms with E-state index in [1.807, 2.05) is 0 Å². The fourth-order valence-corrected chi connectivity index (χ4v) is 1.66. The number of phenolic OH excluding ortho intramolecular Hbond substituents is 1. The maximum absolute atomic E-state index is 11.8. The topological polar surface area (TPSA) is 117 Å². The van der Waals surface area contributed by atoms with Crippen LogP contribution in [0, 0.1) is 0 Å². The highest BCUT2D eigenvalue weighted by atomic mass is 16.5. The van der Waals surface area contributed by atoms with Crippen LogP contribution in [0.1, 0.15) is 15.9 Å². The summed E-state index contributed by atoms with van der Waals surface area (Å²) in [5, 5.41) is 20.5. The van der Waals surface area contributed by atoms with Crippen molar-refractivity contribution in [3.8, 4) is 11.5 Å². The van der Waals surface area contributed by atoms with Gasteiger partial charge < -0.3 is 20.7 Å². The third kappa shape index (κ3) is 5.33. The molecule has 7 nitrogen and oxygen atoms in total. The summed E-state index contributed by atoms with van der Waals surface area (Å²) in [5.74, 6) is 0.163. The molecule has 0 aromatic heterocycles. The van der Waals surface area contributed by atoms with Crippen LogP contribution in [0.3, 0.4) is 0 Å². The molecule has 23 heavy (non-hydrogen) atoms. The Hall–Kier alpha value is -3.06. The van der Waals surface area contributed by atoms with Gasteiger partial charge in [0.1, 0.15) is 11.5 Å². The van der Waals surface area contributed by atoms with Crippen molar-refractivity contribution < 1.29 is 19.7 Å². The van der Waals surface area contributed by atoms with Gasteiger partial charge in [0.25, 0.3) is 5.91 Å². The standard InChI is InChI=1S/C15H15N3O3.CH4O/c1-21-13-6-5-11(14(19)8-13)9-17-18-15(20)10-3-2-4-12(16)7-10;1-2/h2-9,19H,16H2,1H3,(H,18,20);2H,1H3/b17-9+;. The quantitative estimate of drug-likeness (QED) is 0.386. The first kappa shape index (κ1) is 18.0. The van der Waals surface area contributed by atoms with Crippen LogP contribution in [0.4, 0.5) is 5.69 Å². The average Bonchev–Trinajstić information content (AvgIpc) is 2.58. The number of aromatic hydroxyl groups is 1. The molecule has 0 heterocycles. The van der Waals surface area contributed by atoms with Crippen molar-refractivity contribution in [3.63, 3.8) is 0 Å². The number of hydrogen-bond acceptors (Lipinski definition) is 6. The first-order chi connectivity index (χ1) is 11.1. The number of rotatable bonds is 4. The van der Waals surface area contributed by atoms with Crippen molar-refractivity contribution in [2.45, 2.75) is 0 Å². The van der Waals surface area contributed by atoms with Crippen molar-refractivity contribution >= 4 is 17.8 Å². The molecule has 0 saturated heterocycles. The number of nitrogens with two attached hydrogens (primary N) is 1. The number of carbonyl (C=O) groups excluding carboxylic acids is 1. The number of benzene rings is 2. The maximum atomic E-state index is 11.8. The molecule has 2 rings (SSSR count). The molecule has 0 aliphatic heterocycles.